The molecule has 1 aliphatic heterocycles. The van der Waals surface area contributed by atoms with Gasteiger partial charge in [0.25, 0.3) is 0 Å². The van der Waals surface area contributed by atoms with Gasteiger partial charge in [-0.3, -0.25) is 0 Å². The number of aryl methyl sites for hydroxylation is 1. The van der Waals surface area contributed by atoms with Crippen LogP contribution in [0.2, 0.25) is 5.02 Å². The molecule has 1 N–H and O–H groups in total. The van der Waals surface area contributed by atoms with Gasteiger partial charge in [-0.1, -0.05) is 23.7 Å². The van der Waals surface area contributed by atoms with E-state index < -0.39 is 0 Å². The Hall–Kier alpha value is -1.03. The lowest BCUT2D eigenvalue weighted by Gasteiger charge is -2.14. The molecule has 3 rings (SSSR count). The molecule has 1 unspecified atom stereocenters. The summed E-state index contributed by atoms with van der Waals surface area (Å²) in [6.07, 6.45) is 3.19. The van der Waals surface area contributed by atoms with Crippen molar-refractivity contribution < 1.29 is 4.74 Å². The Morgan fingerprint density at radius 1 is 1.39 bits per heavy atom. The third-order valence-electron chi connectivity index (χ3n) is 3.55. The van der Waals surface area contributed by atoms with E-state index in [4.69, 9.17) is 16.3 Å². The molecule has 1 fully saturated rings. The fraction of sp³-hybridized carbons (Fsp3) is 0.429. The van der Waals surface area contributed by atoms with Crippen LogP contribution in [-0.4, -0.2) is 24.3 Å². The van der Waals surface area contributed by atoms with E-state index in [-0.39, 0.29) is 0 Å². The number of nitrogens with one attached hydrogen (secondary N) is 1. The van der Waals surface area contributed by atoms with E-state index in [0.717, 1.165) is 36.7 Å². The molecule has 2 heterocycles. The second kappa shape index (κ2) is 4.92. The molecule has 1 aliphatic rings. The van der Waals surface area contributed by atoms with Crippen LogP contribution in [0.3, 0.4) is 0 Å². The standard InChI is InChI=1S/C14H17ClN2O/c1-17-9-11(13-5-7-18-8-6-16-13)10-3-2-4-12(15)14(10)17/h2-4,9,13,16H,5-8H2,1H3. The summed E-state index contributed by atoms with van der Waals surface area (Å²) in [6, 6.07) is 6.46. The lowest BCUT2D eigenvalue weighted by atomic mass is 10.0. The smallest absolute Gasteiger partial charge is 0.0670 e. The summed E-state index contributed by atoms with van der Waals surface area (Å²) in [5.74, 6) is 0. The van der Waals surface area contributed by atoms with E-state index in [0.29, 0.717) is 6.04 Å². The second-order valence-electron chi connectivity index (χ2n) is 4.74. The van der Waals surface area contributed by atoms with Gasteiger partial charge in [-0.15, -0.1) is 0 Å². The van der Waals surface area contributed by atoms with Crippen LogP contribution in [0.4, 0.5) is 0 Å². The summed E-state index contributed by atoms with van der Waals surface area (Å²) >= 11 is 6.28. The second-order valence-corrected chi connectivity index (χ2v) is 5.15. The zero-order chi connectivity index (χ0) is 12.5. The average molecular weight is 265 g/mol. The molecule has 1 aromatic heterocycles. The molecule has 0 spiro atoms. The fourth-order valence-electron chi connectivity index (χ4n) is 2.70. The Morgan fingerprint density at radius 3 is 3.17 bits per heavy atom. The van der Waals surface area contributed by atoms with Crippen LogP contribution >= 0.6 is 11.6 Å². The number of benzene rings is 1. The lowest BCUT2D eigenvalue weighted by molar-refractivity contribution is 0.150. The van der Waals surface area contributed by atoms with Gasteiger partial charge in [0, 0.05) is 37.8 Å². The molecule has 18 heavy (non-hydrogen) atoms. The van der Waals surface area contributed by atoms with Crippen LogP contribution in [-0.2, 0) is 11.8 Å². The van der Waals surface area contributed by atoms with E-state index in [1.807, 2.05) is 19.2 Å². The summed E-state index contributed by atoms with van der Waals surface area (Å²) in [5.41, 5.74) is 2.43. The minimum atomic E-state index is 0.356. The summed E-state index contributed by atoms with van der Waals surface area (Å²) in [4.78, 5) is 0. The van der Waals surface area contributed by atoms with Crippen LogP contribution in [0.25, 0.3) is 10.9 Å². The largest absolute Gasteiger partial charge is 0.380 e. The Kier molecular flexibility index (Phi) is 3.29. The molecular formula is C14H17ClN2O. The summed E-state index contributed by atoms with van der Waals surface area (Å²) in [5, 5.41) is 5.59. The van der Waals surface area contributed by atoms with Gasteiger partial charge in [-0.25, -0.2) is 0 Å². The molecule has 0 radical (unpaired) electrons. The van der Waals surface area contributed by atoms with Crippen molar-refractivity contribution in [1.82, 2.24) is 9.88 Å². The molecule has 4 heteroatoms. The molecule has 0 aliphatic carbocycles. The number of halogens is 1. The number of nitrogens with zero attached hydrogens (tertiary/aromatic N) is 1. The predicted molar refractivity (Wildman–Crippen MR) is 74.1 cm³/mol. The molecule has 0 amide bonds. The highest BCUT2D eigenvalue weighted by Gasteiger charge is 2.19. The summed E-state index contributed by atoms with van der Waals surface area (Å²) in [6.45, 7) is 2.51. The molecule has 1 aromatic carbocycles. The fourth-order valence-corrected chi connectivity index (χ4v) is 3.01. The van der Waals surface area contributed by atoms with Crippen molar-refractivity contribution in [1.29, 1.82) is 0 Å². The molecule has 2 aromatic rings. The van der Waals surface area contributed by atoms with E-state index >= 15 is 0 Å². The Labute approximate surface area is 112 Å². The molecule has 96 valence electrons. The van der Waals surface area contributed by atoms with E-state index in [9.17, 15) is 0 Å². The number of fused-ring (bicyclic) bond motifs is 1. The summed E-state index contributed by atoms with van der Waals surface area (Å²) in [7, 11) is 2.05. The molecule has 0 saturated carbocycles. The highest BCUT2D eigenvalue weighted by molar-refractivity contribution is 6.35. The summed E-state index contributed by atoms with van der Waals surface area (Å²) < 4.78 is 7.60. The Morgan fingerprint density at radius 2 is 2.28 bits per heavy atom. The third kappa shape index (κ3) is 2.03. The van der Waals surface area contributed by atoms with Gasteiger partial charge in [-0.05, 0) is 18.1 Å². The van der Waals surface area contributed by atoms with Gasteiger partial charge < -0.3 is 14.6 Å². The first-order valence-corrected chi connectivity index (χ1v) is 6.70. The van der Waals surface area contributed by atoms with Crippen molar-refractivity contribution in [3.8, 4) is 0 Å². The van der Waals surface area contributed by atoms with Crippen molar-refractivity contribution in [2.24, 2.45) is 7.05 Å². The molecule has 3 nitrogen and oxygen atoms in total. The number of hydrogen-bond acceptors (Lipinski definition) is 2. The van der Waals surface area contributed by atoms with Gasteiger partial charge in [0.1, 0.15) is 0 Å². The average Bonchev–Trinajstić information content (AvgIpc) is 2.56. The quantitative estimate of drug-likeness (QED) is 0.857. The SMILES string of the molecule is Cn1cc(C2CCOCCN2)c2cccc(Cl)c21. The van der Waals surface area contributed by atoms with Crippen LogP contribution in [0.15, 0.2) is 24.4 Å². The molecular weight excluding hydrogens is 248 g/mol. The van der Waals surface area contributed by atoms with Crippen LogP contribution in [0.1, 0.15) is 18.0 Å². The zero-order valence-corrected chi connectivity index (χ0v) is 11.2. The maximum Gasteiger partial charge on any atom is 0.0670 e. The maximum atomic E-state index is 6.28. The van der Waals surface area contributed by atoms with Crippen LogP contribution < -0.4 is 5.32 Å². The topological polar surface area (TPSA) is 26.2 Å². The normalized spacial score (nSPS) is 21.1. The predicted octanol–water partition coefficient (Wildman–Crippen LogP) is 2.88. The lowest BCUT2D eigenvalue weighted by Crippen LogP contribution is -2.21. The number of ether oxygens (including phenoxy) is 1. The van der Waals surface area contributed by atoms with Gasteiger partial charge in [0.05, 0.1) is 17.1 Å². The van der Waals surface area contributed by atoms with E-state index in [1.54, 1.807) is 0 Å². The molecule has 1 saturated heterocycles. The van der Waals surface area contributed by atoms with Crippen molar-refractivity contribution in [2.45, 2.75) is 12.5 Å². The van der Waals surface area contributed by atoms with Crippen molar-refractivity contribution in [3.05, 3.63) is 35.0 Å². The first-order valence-electron chi connectivity index (χ1n) is 6.32. The van der Waals surface area contributed by atoms with E-state index in [1.165, 1.54) is 10.9 Å². The Balaban J connectivity index is 2.08. The number of aromatic nitrogens is 1. The Bertz CT molecular complexity index is 556. The zero-order valence-electron chi connectivity index (χ0n) is 10.4. The highest BCUT2D eigenvalue weighted by Crippen LogP contribution is 2.32. The van der Waals surface area contributed by atoms with Crippen molar-refractivity contribution >= 4 is 22.5 Å². The third-order valence-corrected chi connectivity index (χ3v) is 3.85. The monoisotopic (exact) mass is 264 g/mol. The first kappa shape index (κ1) is 12.0. The molecule has 0 bridgehead atoms. The number of rotatable bonds is 1. The van der Waals surface area contributed by atoms with Gasteiger partial charge in [-0.2, -0.15) is 0 Å². The van der Waals surface area contributed by atoms with Gasteiger partial charge in [0.15, 0.2) is 0 Å². The van der Waals surface area contributed by atoms with Crippen LogP contribution in [0.5, 0.6) is 0 Å². The van der Waals surface area contributed by atoms with Crippen molar-refractivity contribution in [2.75, 3.05) is 19.8 Å². The van der Waals surface area contributed by atoms with Crippen molar-refractivity contribution in [3.63, 3.8) is 0 Å². The minimum Gasteiger partial charge on any atom is -0.380 e. The van der Waals surface area contributed by atoms with Crippen LogP contribution in [0, 0.1) is 0 Å². The van der Waals surface area contributed by atoms with Gasteiger partial charge >= 0.3 is 0 Å². The minimum absolute atomic E-state index is 0.356. The number of hydrogen-bond donors (Lipinski definition) is 1. The molecule has 1 atom stereocenters. The number of para-hydroxylation sites is 1. The van der Waals surface area contributed by atoms with E-state index in [2.05, 4.69) is 22.1 Å². The van der Waals surface area contributed by atoms with Gasteiger partial charge in [0.2, 0.25) is 0 Å². The highest BCUT2D eigenvalue weighted by atomic mass is 35.5. The maximum absolute atomic E-state index is 6.28. The first-order chi connectivity index (χ1) is 8.77.